The van der Waals surface area contributed by atoms with Gasteiger partial charge in [-0.15, -0.1) is 4.99 Å². The van der Waals surface area contributed by atoms with Crippen molar-refractivity contribution < 1.29 is 14.5 Å². The fourth-order valence-electron chi connectivity index (χ4n) is 3.24. The lowest BCUT2D eigenvalue weighted by molar-refractivity contribution is -0.384. The van der Waals surface area contributed by atoms with Crippen LogP contribution in [0.5, 0.6) is 0 Å². The van der Waals surface area contributed by atoms with Crippen molar-refractivity contribution in [3.63, 3.8) is 0 Å². The number of imide groups is 1. The Kier molecular flexibility index (Phi) is 5.03. The molecule has 1 aliphatic rings. The van der Waals surface area contributed by atoms with E-state index in [0.717, 1.165) is 10.2 Å². The average Bonchev–Trinajstić information content (AvgIpc) is 2.77. The minimum absolute atomic E-state index is 0.0872. The molecule has 1 aromatic heterocycles. The van der Waals surface area contributed by atoms with E-state index in [9.17, 15) is 19.7 Å². The highest BCUT2D eigenvalue weighted by Gasteiger charge is 2.36. The van der Waals surface area contributed by atoms with Gasteiger partial charge in [-0.3, -0.25) is 25.0 Å². The molecule has 152 valence electrons. The van der Waals surface area contributed by atoms with Gasteiger partial charge in [0.2, 0.25) is 12.1 Å². The Labute approximate surface area is 174 Å². The van der Waals surface area contributed by atoms with Gasteiger partial charge in [-0.2, -0.15) is 15.0 Å². The highest BCUT2D eigenvalue weighted by Crippen LogP contribution is 2.25. The lowest BCUT2D eigenvalue weighted by atomic mass is 9.91. The Balaban J connectivity index is 1.86. The first kappa shape index (κ1) is 19.6. The number of benzene rings is 2. The zero-order valence-corrected chi connectivity index (χ0v) is 15.8. The number of nitriles is 1. The molecule has 31 heavy (non-hydrogen) atoms. The molecule has 1 atom stereocenters. The van der Waals surface area contributed by atoms with Crippen LogP contribution < -0.4 is 10.9 Å². The van der Waals surface area contributed by atoms with Crippen LogP contribution in [-0.2, 0) is 11.2 Å². The monoisotopic (exact) mass is 415 g/mol. The van der Waals surface area contributed by atoms with E-state index in [-0.39, 0.29) is 29.1 Å². The van der Waals surface area contributed by atoms with Crippen molar-refractivity contribution in [3.05, 3.63) is 87.3 Å². The number of non-ortho nitro benzene ring substituents is 1. The minimum atomic E-state index is -0.804. The van der Waals surface area contributed by atoms with Crippen LogP contribution in [0, 0.1) is 21.6 Å². The molecule has 2 aromatic carbocycles. The minimum Gasteiger partial charge on any atom is -0.290 e. The number of nitro groups is 1. The number of fused-ring (bicyclic) bond motifs is 1. The van der Waals surface area contributed by atoms with Gasteiger partial charge < -0.3 is 0 Å². The summed E-state index contributed by atoms with van der Waals surface area (Å²) in [6, 6.07) is 14.5. The number of rotatable bonds is 4. The molecule has 4 rings (SSSR count). The first-order valence-electron chi connectivity index (χ1n) is 9.06. The van der Waals surface area contributed by atoms with E-state index in [4.69, 9.17) is 5.26 Å². The number of carbonyl (C=O) groups excluding carboxylic acids is 2. The first-order valence-corrected chi connectivity index (χ1v) is 9.06. The highest BCUT2D eigenvalue weighted by molar-refractivity contribution is 6.10. The van der Waals surface area contributed by atoms with Gasteiger partial charge in [0.05, 0.1) is 22.2 Å². The molecule has 11 nitrogen and oxygen atoms in total. The normalized spacial score (nSPS) is 15.7. The second-order valence-electron chi connectivity index (χ2n) is 6.60. The maximum Gasteiger partial charge on any atom is 0.280 e. The van der Waals surface area contributed by atoms with Crippen LogP contribution in [0.3, 0.4) is 0 Å². The van der Waals surface area contributed by atoms with Crippen LogP contribution in [0.4, 0.5) is 5.69 Å². The predicted octanol–water partition coefficient (Wildman–Crippen LogP) is 1.15. The fourth-order valence-corrected chi connectivity index (χ4v) is 3.24. The number of amides is 2. The molecule has 3 aromatic rings. The molecule has 2 amide bonds. The predicted molar refractivity (Wildman–Crippen MR) is 105 cm³/mol. The number of aromatic nitrogens is 3. The van der Waals surface area contributed by atoms with Crippen molar-refractivity contribution in [2.75, 3.05) is 0 Å². The molecule has 0 radical (unpaired) electrons. The van der Waals surface area contributed by atoms with Crippen molar-refractivity contribution >= 4 is 17.5 Å². The molecule has 0 fully saturated rings. The molecular weight excluding hydrogens is 402 g/mol. The second-order valence-corrected chi connectivity index (χ2v) is 6.60. The number of hydrogen-bond donors (Lipinski definition) is 1. The largest absolute Gasteiger partial charge is 0.290 e. The van der Waals surface area contributed by atoms with E-state index in [1.165, 1.54) is 24.3 Å². The highest BCUT2D eigenvalue weighted by atomic mass is 16.6. The molecular formula is C20H13N7O4. The Bertz CT molecular complexity index is 1310. The van der Waals surface area contributed by atoms with Crippen molar-refractivity contribution in [2.45, 2.75) is 12.3 Å². The summed E-state index contributed by atoms with van der Waals surface area (Å²) in [7, 11) is 0. The fraction of sp³-hybridized carbons (Fsp3) is 0.100. The van der Waals surface area contributed by atoms with Gasteiger partial charge in [-0.05, 0) is 24.1 Å². The first-order chi connectivity index (χ1) is 15.0. The summed E-state index contributed by atoms with van der Waals surface area (Å²) in [6.07, 6.45) is 1.90. The molecule has 0 bridgehead atoms. The van der Waals surface area contributed by atoms with Crippen molar-refractivity contribution in [1.29, 1.82) is 5.26 Å². The van der Waals surface area contributed by atoms with Crippen molar-refractivity contribution in [1.82, 2.24) is 20.1 Å². The van der Waals surface area contributed by atoms with Gasteiger partial charge in [0, 0.05) is 12.1 Å². The summed E-state index contributed by atoms with van der Waals surface area (Å²) in [5, 5.41) is 26.5. The van der Waals surface area contributed by atoms with Crippen LogP contribution in [-0.4, -0.2) is 31.5 Å². The van der Waals surface area contributed by atoms with Crippen LogP contribution in [0.15, 0.2) is 59.6 Å². The van der Waals surface area contributed by atoms with E-state index in [1.54, 1.807) is 6.19 Å². The zero-order chi connectivity index (χ0) is 22.0. The summed E-state index contributed by atoms with van der Waals surface area (Å²) in [5.41, 5.74) is 0.895. The summed E-state index contributed by atoms with van der Waals surface area (Å²) in [5.74, 6) is -2.05. The van der Waals surface area contributed by atoms with Gasteiger partial charge in [0.1, 0.15) is 0 Å². The molecule has 0 spiro atoms. The number of hydrogen-bond acceptors (Lipinski definition) is 8. The lowest BCUT2D eigenvalue weighted by Gasteiger charge is -2.23. The molecule has 1 N–H and O–H groups in total. The average molecular weight is 415 g/mol. The molecule has 1 aliphatic heterocycles. The van der Waals surface area contributed by atoms with Gasteiger partial charge in [-0.25, -0.2) is 4.98 Å². The summed E-state index contributed by atoms with van der Waals surface area (Å²) in [4.78, 5) is 43.3. The Morgan fingerprint density at radius 2 is 1.87 bits per heavy atom. The molecule has 1 unspecified atom stereocenters. The number of nitro benzene ring substituents is 1. The van der Waals surface area contributed by atoms with Gasteiger partial charge in [0.25, 0.3) is 17.2 Å². The number of nitrogens with zero attached hydrogens (tertiary/aromatic N) is 6. The third-order valence-electron chi connectivity index (χ3n) is 4.69. The third kappa shape index (κ3) is 3.77. The Hall–Kier alpha value is -4.72. The Morgan fingerprint density at radius 1 is 1.16 bits per heavy atom. The van der Waals surface area contributed by atoms with Crippen molar-refractivity contribution in [2.24, 2.45) is 4.99 Å². The van der Waals surface area contributed by atoms with Crippen molar-refractivity contribution in [3.8, 4) is 11.9 Å². The van der Waals surface area contributed by atoms with E-state index < -0.39 is 22.7 Å². The SMILES string of the molecule is N#CN=c1nc2c(nn1-c1ccc([N+](=O)[O-])cc1)C(=O)NC(=O)C2Cc1ccccc1. The number of nitrogens with one attached hydrogen (secondary N) is 1. The smallest absolute Gasteiger partial charge is 0.280 e. The third-order valence-corrected chi connectivity index (χ3v) is 4.69. The summed E-state index contributed by atoms with van der Waals surface area (Å²) in [6.45, 7) is 0. The topological polar surface area (TPSA) is 156 Å². The lowest BCUT2D eigenvalue weighted by Crippen LogP contribution is -2.45. The van der Waals surface area contributed by atoms with E-state index in [1.807, 2.05) is 30.3 Å². The van der Waals surface area contributed by atoms with Gasteiger partial charge in [0.15, 0.2) is 5.69 Å². The zero-order valence-electron chi connectivity index (χ0n) is 15.8. The molecule has 11 heteroatoms. The molecule has 0 saturated heterocycles. The van der Waals surface area contributed by atoms with Crippen LogP contribution in [0.25, 0.3) is 5.69 Å². The van der Waals surface area contributed by atoms with Crippen LogP contribution in [0.2, 0.25) is 0 Å². The molecule has 0 saturated carbocycles. The van der Waals surface area contributed by atoms with E-state index >= 15 is 0 Å². The van der Waals surface area contributed by atoms with Crippen LogP contribution >= 0.6 is 0 Å². The van der Waals surface area contributed by atoms with Gasteiger partial charge in [-0.1, -0.05) is 30.3 Å². The van der Waals surface area contributed by atoms with E-state index in [0.29, 0.717) is 5.69 Å². The Morgan fingerprint density at radius 3 is 2.52 bits per heavy atom. The van der Waals surface area contributed by atoms with Crippen LogP contribution in [0.1, 0.15) is 27.7 Å². The number of carbonyl (C=O) groups is 2. The summed E-state index contributed by atoms with van der Waals surface area (Å²) < 4.78 is 1.13. The van der Waals surface area contributed by atoms with Gasteiger partial charge >= 0.3 is 0 Å². The maximum absolute atomic E-state index is 12.5. The molecule has 0 aliphatic carbocycles. The maximum atomic E-state index is 12.5. The second kappa shape index (κ2) is 7.96. The standard InChI is InChI=1S/C20H13N7O4/c21-11-22-20-23-16-15(10-12-4-2-1-3-5-12)18(28)24-19(29)17(16)25-26(20)13-6-8-14(9-7-13)27(30)31/h1-9,15H,10H2,(H,24,28,29). The molecule has 2 heterocycles. The van der Waals surface area contributed by atoms with E-state index in [2.05, 4.69) is 20.4 Å². The summed E-state index contributed by atoms with van der Waals surface area (Å²) >= 11 is 0. The quantitative estimate of drug-likeness (QED) is 0.290.